The maximum absolute atomic E-state index is 11.0. The Kier molecular flexibility index (Phi) is 2.99. The molecule has 0 amide bonds. The van der Waals surface area contributed by atoms with Gasteiger partial charge in [0.05, 0.1) is 6.61 Å². The molecule has 1 saturated heterocycles. The minimum Gasteiger partial charge on any atom is -0.480 e. The number of aliphatic carboxylic acids is 1. The van der Waals surface area contributed by atoms with Gasteiger partial charge in [-0.25, -0.2) is 0 Å². The lowest BCUT2D eigenvalue weighted by Crippen LogP contribution is -2.48. The highest BCUT2D eigenvalue weighted by molar-refractivity contribution is 5.74. The van der Waals surface area contributed by atoms with Crippen LogP contribution in [0.25, 0.3) is 0 Å². The van der Waals surface area contributed by atoms with E-state index in [9.17, 15) is 4.79 Å². The van der Waals surface area contributed by atoms with Crippen molar-refractivity contribution in [1.82, 2.24) is 5.32 Å². The average molecular weight is 207 g/mol. The molecule has 2 atom stereocenters. The summed E-state index contributed by atoms with van der Waals surface area (Å²) >= 11 is 0. The molecule has 1 aliphatic rings. The number of hydrogen-bond acceptors (Lipinski definition) is 3. The maximum Gasteiger partial charge on any atom is 0.323 e. The van der Waals surface area contributed by atoms with E-state index in [1.165, 1.54) is 0 Å². The number of hydrogen-bond donors (Lipinski definition) is 2. The fraction of sp³-hybridized carbons (Fsp3) is 0.364. The third kappa shape index (κ3) is 2.16. The molecule has 1 aromatic carbocycles. The zero-order valence-corrected chi connectivity index (χ0v) is 8.22. The van der Waals surface area contributed by atoms with Crippen molar-refractivity contribution in [2.24, 2.45) is 0 Å². The summed E-state index contributed by atoms with van der Waals surface area (Å²) in [6.45, 7) is 1.13. The van der Waals surface area contributed by atoms with Crippen molar-refractivity contribution in [1.29, 1.82) is 0 Å². The van der Waals surface area contributed by atoms with E-state index in [0.717, 1.165) is 5.56 Å². The Morgan fingerprint density at radius 3 is 2.80 bits per heavy atom. The van der Waals surface area contributed by atoms with Crippen LogP contribution < -0.4 is 5.32 Å². The second kappa shape index (κ2) is 4.42. The van der Waals surface area contributed by atoms with Crippen LogP contribution in [0.3, 0.4) is 0 Å². The van der Waals surface area contributed by atoms with E-state index in [2.05, 4.69) is 5.32 Å². The maximum atomic E-state index is 11.0. The van der Waals surface area contributed by atoms with Crippen molar-refractivity contribution in [2.45, 2.75) is 12.1 Å². The normalized spacial score (nSPS) is 26.1. The van der Waals surface area contributed by atoms with Crippen LogP contribution in [0.15, 0.2) is 30.3 Å². The summed E-state index contributed by atoms with van der Waals surface area (Å²) < 4.78 is 5.49. The average Bonchev–Trinajstić information content (AvgIpc) is 2.30. The van der Waals surface area contributed by atoms with Crippen LogP contribution in [-0.2, 0) is 9.53 Å². The second-order valence-corrected chi connectivity index (χ2v) is 3.47. The molecule has 0 spiro atoms. The number of morpholine rings is 1. The van der Waals surface area contributed by atoms with Crippen LogP contribution in [0.2, 0.25) is 0 Å². The highest BCUT2D eigenvalue weighted by Gasteiger charge is 2.32. The lowest BCUT2D eigenvalue weighted by molar-refractivity contribution is -0.146. The molecule has 0 saturated carbocycles. The molecular formula is C11H13NO3. The molecule has 0 bridgehead atoms. The Hall–Kier alpha value is -1.39. The van der Waals surface area contributed by atoms with Gasteiger partial charge in [0.15, 0.2) is 0 Å². The Bertz CT molecular complexity index is 339. The van der Waals surface area contributed by atoms with Crippen molar-refractivity contribution in [3.05, 3.63) is 35.9 Å². The van der Waals surface area contributed by atoms with Gasteiger partial charge >= 0.3 is 5.97 Å². The summed E-state index contributed by atoms with van der Waals surface area (Å²) in [5, 5.41) is 12.0. The highest BCUT2D eigenvalue weighted by Crippen LogP contribution is 2.23. The molecule has 0 radical (unpaired) electrons. The van der Waals surface area contributed by atoms with Crippen LogP contribution in [0.1, 0.15) is 11.7 Å². The zero-order valence-electron chi connectivity index (χ0n) is 8.22. The predicted molar refractivity (Wildman–Crippen MR) is 54.6 cm³/mol. The number of carboxylic acids is 1. The van der Waals surface area contributed by atoms with E-state index >= 15 is 0 Å². The van der Waals surface area contributed by atoms with E-state index in [1.807, 2.05) is 30.3 Å². The first-order chi connectivity index (χ1) is 7.29. The molecule has 4 heteroatoms. The van der Waals surface area contributed by atoms with Crippen LogP contribution >= 0.6 is 0 Å². The number of ether oxygens (including phenoxy) is 1. The molecular weight excluding hydrogens is 194 g/mol. The summed E-state index contributed by atoms with van der Waals surface area (Å²) in [5.74, 6) is -0.872. The van der Waals surface area contributed by atoms with E-state index in [1.54, 1.807) is 0 Å². The minimum absolute atomic E-state index is 0.391. The lowest BCUT2D eigenvalue weighted by atomic mass is 10.0. The number of benzene rings is 1. The second-order valence-electron chi connectivity index (χ2n) is 3.47. The number of nitrogens with one attached hydrogen (secondary N) is 1. The molecule has 1 aliphatic heterocycles. The van der Waals surface area contributed by atoms with Crippen molar-refractivity contribution < 1.29 is 14.6 Å². The van der Waals surface area contributed by atoms with Gasteiger partial charge in [0.25, 0.3) is 0 Å². The number of carboxylic acid groups (broad SMARTS) is 1. The molecule has 2 N–H and O–H groups in total. The molecule has 80 valence electrons. The van der Waals surface area contributed by atoms with Crippen LogP contribution in [0.4, 0.5) is 0 Å². The van der Waals surface area contributed by atoms with Gasteiger partial charge in [-0.2, -0.15) is 0 Å². The van der Waals surface area contributed by atoms with Gasteiger partial charge in [0, 0.05) is 6.54 Å². The molecule has 0 unspecified atom stereocenters. The van der Waals surface area contributed by atoms with Gasteiger partial charge in [-0.3, -0.25) is 10.1 Å². The fourth-order valence-electron chi connectivity index (χ4n) is 1.75. The summed E-state index contributed by atoms with van der Waals surface area (Å²) in [4.78, 5) is 11.0. The van der Waals surface area contributed by atoms with E-state index in [4.69, 9.17) is 9.84 Å². The van der Waals surface area contributed by atoms with Crippen molar-refractivity contribution >= 4 is 5.97 Å². The predicted octanol–water partition coefficient (Wildman–Crippen LogP) is 0.801. The molecule has 4 nitrogen and oxygen atoms in total. The van der Waals surface area contributed by atoms with Crippen molar-refractivity contribution in [3.8, 4) is 0 Å². The van der Waals surface area contributed by atoms with E-state index in [-0.39, 0.29) is 0 Å². The molecule has 2 rings (SSSR count). The summed E-state index contributed by atoms with van der Waals surface area (Å²) in [6.07, 6.45) is -0.391. The monoisotopic (exact) mass is 207 g/mol. The molecule has 1 fully saturated rings. The van der Waals surface area contributed by atoms with Gasteiger partial charge in [-0.05, 0) is 5.56 Å². The van der Waals surface area contributed by atoms with Gasteiger partial charge in [0.1, 0.15) is 12.1 Å². The van der Waals surface area contributed by atoms with Crippen molar-refractivity contribution in [2.75, 3.05) is 13.2 Å². The SMILES string of the molecule is O=C(O)[C@H]1NCCO[C@H]1c1ccccc1. The zero-order chi connectivity index (χ0) is 10.7. The topological polar surface area (TPSA) is 58.6 Å². The van der Waals surface area contributed by atoms with Gasteiger partial charge in [0.2, 0.25) is 0 Å². The van der Waals surface area contributed by atoms with Crippen LogP contribution in [0, 0.1) is 0 Å². The standard InChI is InChI=1S/C11H13NO3/c13-11(14)9-10(15-7-6-12-9)8-4-2-1-3-5-8/h1-5,9-10,12H,6-7H2,(H,13,14)/t9-,10-/m0/s1. The van der Waals surface area contributed by atoms with Gasteiger partial charge in [-0.1, -0.05) is 30.3 Å². The Balaban J connectivity index is 2.22. The third-order valence-electron chi connectivity index (χ3n) is 2.46. The van der Waals surface area contributed by atoms with Gasteiger partial charge < -0.3 is 9.84 Å². The summed E-state index contributed by atoms with van der Waals surface area (Å²) in [7, 11) is 0. The number of rotatable bonds is 2. The number of carbonyl (C=O) groups is 1. The largest absolute Gasteiger partial charge is 0.480 e. The quantitative estimate of drug-likeness (QED) is 0.753. The first kappa shape index (κ1) is 10.1. The summed E-state index contributed by atoms with van der Waals surface area (Å²) in [6, 6.07) is 8.77. The highest BCUT2D eigenvalue weighted by atomic mass is 16.5. The van der Waals surface area contributed by atoms with Crippen LogP contribution in [0.5, 0.6) is 0 Å². The third-order valence-corrected chi connectivity index (χ3v) is 2.46. The molecule has 0 aliphatic carbocycles. The van der Waals surface area contributed by atoms with Crippen LogP contribution in [-0.4, -0.2) is 30.3 Å². The molecule has 1 heterocycles. The Morgan fingerprint density at radius 2 is 2.13 bits per heavy atom. The first-order valence-electron chi connectivity index (χ1n) is 4.92. The summed E-state index contributed by atoms with van der Waals surface area (Å²) in [5.41, 5.74) is 0.900. The smallest absolute Gasteiger partial charge is 0.323 e. The Morgan fingerprint density at radius 1 is 1.40 bits per heavy atom. The molecule has 0 aromatic heterocycles. The minimum atomic E-state index is -0.872. The lowest BCUT2D eigenvalue weighted by Gasteiger charge is -2.30. The van der Waals surface area contributed by atoms with Gasteiger partial charge in [-0.15, -0.1) is 0 Å². The van der Waals surface area contributed by atoms with E-state index < -0.39 is 18.1 Å². The van der Waals surface area contributed by atoms with E-state index in [0.29, 0.717) is 13.2 Å². The molecule has 15 heavy (non-hydrogen) atoms. The molecule has 1 aromatic rings. The first-order valence-corrected chi connectivity index (χ1v) is 4.92. The Labute approximate surface area is 87.9 Å². The van der Waals surface area contributed by atoms with Crippen molar-refractivity contribution in [3.63, 3.8) is 0 Å². The fourth-order valence-corrected chi connectivity index (χ4v) is 1.75.